The molecule has 108 valence electrons. The van der Waals surface area contributed by atoms with Crippen LogP contribution in [0, 0.1) is 0 Å². The Kier molecular flexibility index (Phi) is 10.8. The van der Waals surface area contributed by atoms with Gasteiger partial charge in [0.1, 0.15) is 0 Å². The highest BCUT2D eigenvalue weighted by molar-refractivity contribution is 14.0. The molecule has 1 unspecified atom stereocenters. The Morgan fingerprint density at radius 1 is 1.37 bits per heavy atom. The lowest BCUT2D eigenvalue weighted by Gasteiger charge is -2.05. The molecule has 6 heteroatoms. The minimum absolute atomic E-state index is 0. The van der Waals surface area contributed by atoms with Gasteiger partial charge in [0.2, 0.25) is 0 Å². The predicted octanol–water partition coefficient (Wildman–Crippen LogP) is 2.12. The summed E-state index contributed by atoms with van der Waals surface area (Å²) in [7, 11) is -0.980. The number of nitrogens with one attached hydrogen (secondary N) is 1. The molecular formula is C13H22IN3OS. The molecule has 0 spiro atoms. The third kappa shape index (κ3) is 8.20. The molecule has 0 aromatic heterocycles. The van der Waals surface area contributed by atoms with Crippen molar-refractivity contribution in [2.24, 2.45) is 10.7 Å². The number of hydrogen-bond acceptors (Lipinski definition) is 2. The third-order valence-electron chi connectivity index (χ3n) is 2.39. The fourth-order valence-corrected chi connectivity index (χ4v) is 2.36. The number of benzene rings is 1. The van der Waals surface area contributed by atoms with E-state index in [1.165, 1.54) is 0 Å². The lowest BCUT2D eigenvalue weighted by molar-refractivity contribution is 0.681. The quantitative estimate of drug-likeness (QED) is 0.322. The maximum atomic E-state index is 11.9. The second-order valence-electron chi connectivity index (χ2n) is 3.91. The molecule has 0 fully saturated rings. The van der Waals surface area contributed by atoms with Crippen LogP contribution in [0.4, 0.5) is 0 Å². The summed E-state index contributed by atoms with van der Waals surface area (Å²) in [5.74, 6) is 0.974. The number of rotatable bonds is 7. The second-order valence-corrected chi connectivity index (χ2v) is 5.48. The first-order chi connectivity index (χ1) is 8.74. The molecule has 1 atom stereocenters. The minimum atomic E-state index is -0.980. The Bertz CT molecular complexity index is 398. The van der Waals surface area contributed by atoms with Crippen molar-refractivity contribution in [1.29, 1.82) is 0 Å². The van der Waals surface area contributed by atoms with Crippen molar-refractivity contribution in [1.82, 2.24) is 5.32 Å². The van der Waals surface area contributed by atoms with Gasteiger partial charge >= 0.3 is 0 Å². The summed E-state index contributed by atoms with van der Waals surface area (Å²) >= 11 is 0. The molecule has 1 aromatic carbocycles. The first-order valence-corrected chi connectivity index (χ1v) is 7.53. The summed E-state index contributed by atoms with van der Waals surface area (Å²) in [6, 6.07) is 9.43. The zero-order chi connectivity index (χ0) is 13.2. The van der Waals surface area contributed by atoms with Crippen molar-refractivity contribution in [3.8, 4) is 0 Å². The highest BCUT2D eigenvalue weighted by Gasteiger charge is 2.02. The maximum Gasteiger partial charge on any atom is 0.188 e. The molecule has 19 heavy (non-hydrogen) atoms. The number of halogens is 1. The topological polar surface area (TPSA) is 67.5 Å². The van der Waals surface area contributed by atoms with Gasteiger partial charge in [-0.05, 0) is 18.6 Å². The molecule has 1 aromatic rings. The van der Waals surface area contributed by atoms with E-state index in [4.69, 9.17) is 5.73 Å². The summed E-state index contributed by atoms with van der Waals surface area (Å²) in [6.45, 7) is 3.43. The molecule has 0 saturated heterocycles. The van der Waals surface area contributed by atoms with Gasteiger partial charge in [0.15, 0.2) is 5.96 Å². The van der Waals surface area contributed by atoms with Crippen LogP contribution in [0.5, 0.6) is 0 Å². The number of hydrogen-bond donors (Lipinski definition) is 2. The van der Waals surface area contributed by atoms with Gasteiger partial charge in [-0.25, -0.2) is 0 Å². The third-order valence-corrected chi connectivity index (χ3v) is 3.77. The van der Waals surface area contributed by atoms with Crippen molar-refractivity contribution >= 4 is 40.7 Å². The van der Waals surface area contributed by atoms with Crippen molar-refractivity contribution in [3.63, 3.8) is 0 Å². The van der Waals surface area contributed by atoms with E-state index in [-0.39, 0.29) is 24.0 Å². The summed E-state index contributed by atoms with van der Waals surface area (Å²) < 4.78 is 11.9. The first-order valence-electron chi connectivity index (χ1n) is 6.21. The lowest BCUT2D eigenvalue weighted by Crippen LogP contribution is -2.34. The van der Waals surface area contributed by atoms with Crippen LogP contribution >= 0.6 is 24.0 Å². The van der Waals surface area contributed by atoms with E-state index in [2.05, 4.69) is 17.2 Å². The lowest BCUT2D eigenvalue weighted by atomic mass is 10.3. The Balaban J connectivity index is 0.00000324. The predicted molar refractivity (Wildman–Crippen MR) is 92.5 cm³/mol. The summed E-state index contributed by atoms with van der Waals surface area (Å²) in [5, 5.41) is 2.98. The minimum Gasteiger partial charge on any atom is -0.370 e. The first kappa shape index (κ1) is 18.4. The SMILES string of the molecule is CCCCN=C(N)NCCS(=O)c1ccccc1.I. The van der Waals surface area contributed by atoms with Crippen LogP contribution in [0.1, 0.15) is 19.8 Å². The van der Waals surface area contributed by atoms with Gasteiger partial charge in [-0.1, -0.05) is 31.5 Å². The zero-order valence-corrected chi connectivity index (χ0v) is 14.3. The molecule has 3 N–H and O–H groups in total. The molecule has 0 bridgehead atoms. The van der Waals surface area contributed by atoms with E-state index in [0.717, 1.165) is 24.3 Å². The van der Waals surface area contributed by atoms with Crippen LogP contribution in [0.15, 0.2) is 40.2 Å². The molecule has 1 rings (SSSR count). The van der Waals surface area contributed by atoms with E-state index in [1.807, 2.05) is 30.3 Å². The number of unbranched alkanes of at least 4 members (excludes halogenated alkanes) is 1. The Hall–Kier alpha value is -0.630. The molecule has 0 radical (unpaired) electrons. The van der Waals surface area contributed by atoms with E-state index in [1.54, 1.807) is 0 Å². The molecule has 0 heterocycles. The monoisotopic (exact) mass is 395 g/mol. The van der Waals surface area contributed by atoms with E-state index < -0.39 is 10.8 Å². The average Bonchev–Trinajstić information content (AvgIpc) is 2.40. The Morgan fingerprint density at radius 2 is 2.05 bits per heavy atom. The average molecular weight is 395 g/mol. The number of nitrogens with zero attached hydrogens (tertiary/aromatic N) is 1. The van der Waals surface area contributed by atoms with Crippen LogP contribution in [0.2, 0.25) is 0 Å². The Morgan fingerprint density at radius 3 is 2.68 bits per heavy atom. The van der Waals surface area contributed by atoms with Gasteiger partial charge in [-0.15, -0.1) is 24.0 Å². The molecule has 4 nitrogen and oxygen atoms in total. The summed E-state index contributed by atoms with van der Waals surface area (Å²) in [5.41, 5.74) is 5.68. The number of guanidine groups is 1. The maximum absolute atomic E-state index is 11.9. The van der Waals surface area contributed by atoms with E-state index in [9.17, 15) is 4.21 Å². The van der Waals surface area contributed by atoms with Crippen molar-refractivity contribution in [2.75, 3.05) is 18.8 Å². The van der Waals surface area contributed by atoms with Crippen LogP contribution < -0.4 is 11.1 Å². The van der Waals surface area contributed by atoms with Crippen LogP contribution in [0.25, 0.3) is 0 Å². The molecule has 0 aliphatic rings. The largest absolute Gasteiger partial charge is 0.370 e. The van der Waals surface area contributed by atoms with Crippen LogP contribution in [-0.2, 0) is 10.8 Å². The van der Waals surface area contributed by atoms with Crippen molar-refractivity contribution < 1.29 is 4.21 Å². The molecule has 0 saturated carbocycles. The number of aliphatic imine (C=N–C) groups is 1. The van der Waals surface area contributed by atoms with Gasteiger partial charge in [0, 0.05) is 23.7 Å². The van der Waals surface area contributed by atoms with Crippen LogP contribution in [0.3, 0.4) is 0 Å². The highest BCUT2D eigenvalue weighted by Crippen LogP contribution is 2.04. The fourth-order valence-electron chi connectivity index (χ4n) is 1.38. The van der Waals surface area contributed by atoms with E-state index in [0.29, 0.717) is 18.3 Å². The van der Waals surface area contributed by atoms with Gasteiger partial charge in [0.05, 0.1) is 10.8 Å². The van der Waals surface area contributed by atoms with Crippen molar-refractivity contribution in [3.05, 3.63) is 30.3 Å². The molecule has 0 aliphatic carbocycles. The summed E-state index contributed by atoms with van der Waals surface area (Å²) in [6.07, 6.45) is 2.15. The molecule has 0 amide bonds. The zero-order valence-electron chi connectivity index (χ0n) is 11.2. The Labute approximate surface area is 134 Å². The smallest absolute Gasteiger partial charge is 0.188 e. The standard InChI is InChI=1S/C13H21N3OS.HI/c1-2-3-9-15-13(14)16-10-11-18(17)12-7-5-4-6-8-12;/h4-8H,2-3,9-11H2,1H3,(H3,14,15,16);1H. The fraction of sp³-hybridized carbons (Fsp3) is 0.462. The highest BCUT2D eigenvalue weighted by atomic mass is 127. The van der Waals surface area contributed by atoms with Gasteiger partial charge < -0.3 is 11.1 Å². The summed E-state index contributed by atoms with van der Waals surface area (Å²) in [4.78, 5) is 5.02. The van der Waals surface area contributed by atoms with Gasteiger partial charge in [-0.2, -0.15) is 0 Å². The number of nitrogens with two attached hydrogens (primary N) is 1. The van der Waals surface area contributed by atoms with Crippen LogP contribution in [-0.4, -0.2) is 29.0 Å². The van der Waals surface area contributed by atoms with E-state index >= 15 is 0 Å². The normalized spacial score (nSPS) is 12.6. The second kappa shape index (κ2) is 11.2. The van der Waals surface area contributed by atoms with Gasteiger partial charge in [0.25, 0.3) is 0 Å². The molecular weight excluding hydrogens is 373 g/mol. The van der Waals surface area contributed by atoms with Gasteiger partial charge in [-0.3, -0.25) is 9.20 Å². The molecule has 0 aliphatic heterocycles. The van der Waals surface area contributed by atoms with Crippen molar-refractivity contribution in [2.45, 2.75) is 24.7 Å².